The summed E-state index contributed by atoms with van der Waals surface area (Å²) in [6, 6.07) is 24.0. The number of hydrogen-bond donors (Lipinski definition) is 0. The Morgan fingerprint density at radius 1 is 0.463 bits per heavy atom. The molecule has 0 radical (unpaired) electrons. The van der Waals surface area contributed by atoms with Gasteiger partial charge in [0.15, 0.2) is 25.0 Å². The van der Waals surface area contributed by atoms with E-state index >= 15 is 0 Å². The molecule has 0 aromatic heterocycles. The minimum atomic E-state index is -1.16. The topological polar surface area (TPSA) is 164 Å². The van der Waals surface area contributed by atoms with E-state index in [1.54, 1.807) is 24.3 Å². The number of ketones is 2. The molecule has 0 unspecified atom stereocenters. The standard InChI is InChI=1S/C40H40N2O12/c1-5-23-49-39(47)41(3)25-51-33-21-13-11-19-31(33)35(43)27-15-7-9-17-29(27)37(45)53-54-38(46)30-18-10-8-16-28(30)36(44)32-20-12-14-22-34(32)52-26-42(4)40(48)50-24-6-2/h7-22H,5-6,23-26H2,1-4H3. The lowest BCUT2D eigenvalue weighted by molar-refractivity contribution is -0.187. The highest BCUT2D eigenvalue weighted by Crippen LogP contribution is 2.26. The van der Waals surface area contributed by atoms with E-state index in [0.717, 1.165) is 0 Å². The van der Waals surface area contributed by atoms with Crippen LogP contribution in [-0.2, 0) is 19.2 Å². The summed E-state index contributed by atoms with van der Waals surface area (Å²) in [7, 11) is 2.96. The van der Waals surface area contributed by atoms with Crippen LogP contribution in [0.3, 0.4) is 0 Å². The summed E-state index contributed by atoms with van der Waals surface area (Å²) in [5.74, 6) is -3.26. The molecule has 14 nitrogen and oxygen atoms in total. The summed E-state index contributed by atoms with van der Waals surface area (Å²) in [6.07, 6.45) is 0.106. The van der Waals surface area contributed by atoms with Crippen LogP contribution in [0.4, 0.5) is 9.59 Å². The zero-order valence-corrected chi connectivity index (χ0v) is 30.3. The number of carbonyl (C=O) groups is 6. The molecule has 54 heavy (non-hydrogen) atoms. The fourth-order valence-electron chi connectivity index (χ4n) is 4.77. The summed E-state index contributed by atoms with van der Waals surface area (Å²) < 4.78 is 21.7. The lowest BCUT2D eigenvalue weighted by atomic mass is 9.97. The molecular weight excluding hydrogens is 700 g/mol. The molecule has 0 atom stereocenters. The molecule has 0 heterocycles. The van der Waals surface area contributed by atoms with Crippen molar-refractivity contribution < 1.29 is 57.5 Å². The van der Waals surface area contributed by atoms with E-state index in [0.29, 0.717) is 12.8 Å². The molecule has 4 aromatic rings. The Labute approximate surface area is 312 Å². The highest BCUT2D eigenvalue weighted by atomic mass is 17.2. The summed E-state index contributed by atoms with van der Waals surface area (Å²) in [6.45, 7) is 3.78. The molecule has 282 valence electrons. The molecule has 0 aliphatic rings. The van der Waals surface area contributed by atoms with Crippen molar-refractivity contribution >= 4 is 35.7 Å². The number of hydrogen-bond acceptors (Lipinski definition) is 12. The third kappa shape index (κ3) is 10.4. The van der Waals surface area contributed by atoms with E-state index in [4.69, 9.17) is 28.7 Å². The van der Waals surface area contributed by atoms with Crippen LogP contribution < -0.4 is 9.47 Å². The maximum Gasteiger partial charge on any atom is 0.412 e. The normalized spacial score (nSPS) is 10.4. The number of carbonyl (C=O) groups excluding carboxylic acids is 6. The third-order valence-corrected chi connectivity index (χ3v) is 7.55. The van der Waals surface area contributed by atoms with Crippen LogP contribution in [0.1, 0.15) is 79.2 Å². The van der Waals surface area contributed by atoms with Gasteiger partial charge in [-0.2, -0.15) is 0 Å². The predicted molar refractivity (Wildman–Crippen MR) is 193 cm³/mol. The first kappa shape index (κ1) is 40.1. The van der Waals surface area contributed by atoms with Crippen LogP contribution in [0.25, 0.3) is 0 Å². The van der Waals surface area contributed by atoms with Crippen molar-refractivity contribution in [3.8, 4) is 11.5 Å². The Hall–Kier alpha value is -6.70. The average molecular weight is 741 g/mol. The maximum absolute atomic E-state index is 13.7. The smallest absolute Gasteiger partial charge is 0.412 e. The zero-order valence-electron chi connectivity index (χ0n) is 30.3. The van der Waals surface area contributed by atoms with Crippen molar-refractivity contribution in [2.24, 2.45) is 0 Å². The molecule has 0 aliphatic carbocycles. The summed E-state index contributed by atoms with van der Waals surface area (Å²) >= 11 is 0. The second kappa shape index (κ2) is 19.8. The van der Waals surface area contributed by atoms with Crippen molar-refractivity contribution in [2.45, 2.75) is 26.7 Å². The van der Waals surface area contributed by atoms with E-state index in [9.17, 15) is 28.8 Å². The van der Waals surface area contributed by atoms with Gasteiger partial charge in [-0.05, 0) is 49.2 Å². The number of para-hydroxylation sites is 2. The van der Waals surface area contributed by atoms with Gasteiger partial charge in [0.1, 0.15) is 11.5 Å². The molecule has 14 heteroatoms. The highest BCUT2D eigenvalue weighted by molar-refractivity contribution is 6.17. The van der Waals surface area contributed by atoms with Gasteiger partial charge in [-0.1, -0.05) is 74.5 Å². The van der Waals surface area contributed by atoms with Gasteiger partial charge in [0.05, 0.1) is 35.5 Å². The number of benzene rings is 4. The third-order valence-electron chi connectivity index (χ3n) is 7.55. The molecule has 0 saturated heterocycles. The van der Waals surface area contributed by atoms with Crippen LogP contribution in [-0.4, -0.2) is 86.3 Å². The second-order valence-corrected chi connectivity index (χ2v) is 11.7. The first-order valence-electron chi connectivity index (χ1n) is 17.0. The first-order chi connectivity index (χ1) is 26.1. The number of amides is 2. The molecule has 4 rings (SSSR count). The molecule has 0 aliphatic heterocycles. The van der Waals surface area contributed by atoms with Gasteiger partial charge in [-0.3, -0.25) is 19.4 Å². The number of ether oxygens (including phenoxy) is 4. The SMILES string of the molecule is CCCOC(=O)N(C)COc1ccccc1C(=O)c1ccccc1C(=O)OOC(=O)c1ccccc1C(=O)c1ccccc1OCN(C)C(=O)OCCC. The minimum absolute atomic E-state index is 0.0817. The van der Waals surface area contributed by atoms with Crippen LogP contribution >= 0.6 is 0 Å². The van der Waals surface area contributed by atoms with E-state index in [2.05, 4.69) is 0 Å². The van der Waals surface area contributed by atoms with Gasteiger partial charge < -0.3 is 18.9 Å². The Balaban J connectivity index is 1.47. The Morgan fingerprint density at radius 2 is 0.778 bits per heavy atom. The van der Waals surface area contributed by atoms with Crippen molar-refractivity contribution in [1.82, 2.24) is 9.80 Å². The highest BCUT2D eigenvalue weighted by Gasteiger charge is 2.26. The van der Waals surface area contributed by atoms with Gasteiger partial charge in [0.2, 0.25) is 0 Å². The predicted octanol–water partition coefficient (Wildman–Crippen LogP) is 6.71. The van der Waals surface area contributed by atoms with Crippen LogP contribution in [0.2, 0.25) is 0 Å². The molecule has 4 aromatic carbocycles. The van der Waals surface area contributed by atoms with Crippen molar-refractivity contribution in [3.63, 3.8) is 0 Å². The molecule has 0 N–H and O–H groups in total. The van der Waals surface area contributed by atoms with E-state index in [1.165, 1.54) is 96.7 Å². The molecule has 0 saturated carbocycles. The average Bonchev–Trinajstić information content (AvgIpc) is 3.21. The van der Waals surface area contributed by atoms with E-state index < -0.39 is 35.7 Å². The minimum Gasteiger partial charge on any atom is -0.472 e. The Kier molecular flexibility index (Phi) is 14.7. The summed E-state index contributed by atoms with van der Waals surface area (Å²) in [5, 5.41) is 0. The number of nitrogens with zero attached hydrogens (tertiary/aromatic N) is 2. The first-order valence-corrected chi connectivity index (χ1v) is 17.0. The quantitative estimate of drug-likeness (QED) is 0.0517. The van der Waals surface area contributed by atoms with Gasteiger partial charge in [-0.15, -0.1) is 0 Å². The molecular formula is C40H40N2O12. The van der Waals surface area contributed by atoms with E-state index in [-0.39, 0.29) is 71.6 Å². The number of rotatable bonds is 16. The molecule has 0 fully saturated rings. The van der Waals surface area contributed by atoms with Crippen LogP contribution in [0, 0.1) is 0 Å². The summed E-state index contributed by atoms with van der Waals surface area (Å²) in [4.78, 5) is 90.5. The maximum atomic E-state index is 13.7. The van der Waals surface area contributed by atoms with Gasteiger partial charge in [-0.25, -0.2) is 29.0 Å². The summed E-state index contributed by atoms with van der Waals surface area (Å²) in [5.41, 5.74) is -0.424. The lowest BCUT2D eigenvalue weighted by Gasteiger charge is -2.19. The molecule has 0 spiro atoms. The lowest BCUT2D eigenvalue weighted by Crippen LogP contribution is -2.31. The Bertz CT molecular complexity index is 1840. The van der Waals surface area contributed by atoms with Crippen molar-refractivity contribution in [1.29, 1.82) is 0 Å². The van der Waals surface area contributed by atoms with Gasteiger partial charge in [0.25, 0.3) is 0 Å². The molecule has 0 bridgehead atoms. The van der Waals surface area contributed by atoms with Gasteiger partial charge >= 0.3 is 24.1 Å². The fourth-order valence-corrected chi connectivity index (χ4v) is 4.77. The Morgan fingerprint density at radius 3 is 1.13 bits per heavy atom. The zero-order chi connectivity index (χ0) is 39.0. The van der Waals surface area contributed by atoms with Crippen molar-refractivity contribution in [2.75, 3.05) is 40.8 Å². The van der Waals surface area contributed by atoms with Gasteiger partial charge in [0, 0.05) is 25.2 Å². The largest absolute Gasteiger partial charge is 0.472 e. The van der Waals surface area contributed by atoms with Crippen LogP contribution in [0.15, 0.2) is 97.1 Å². The van der Waals surface area contributed by atoms with E-state index in [1.807, 2.05) is 13.8 Å². The fraction of sp³-hybridized carbons (Fsp3) is 0.250. The second-order valence-electron chi connectivity index (χ2n) is 11.7. The van der Waals surface area contributed by atoms with Crippen molar-refractivity contribution in [3.05, 3.63) is 130 Å². The van der Waals surface area contributed by atoms with Crippen LogP contribution in [0.5, 0.6) is 11.5 Å². The monoisotopic (exact) mass is 740 g/mol. The molecule has 2 amide bonds.